The van der Waals surface area contributed by atoms with Crippen molar-refractivity contribution in [1.29, 1.82) is 5.26 Å². The number of nitrogens with zero attached hydrogens (tertiary/aromatic N) is 4. The Kier molecular flexibility index (Phi) is 6.02. The van der Waals surface area contributed by atoms with Crippen molar-refractivity contribution in [3.05, 3.63) is 17.5 Å². The standard InChI is InChI=1S/C16H21N5OS2/c1-5-21-14(12-7-6-8-23-12)19-20-15(21)24-9-13(22)18-16(4,10-17)11(2)3/h6-8,11H,5,9H2,1-4H3,(H,18,22)/t16-/m1/s1. The molecule has 0 fully saturated rings. The molecular weight excluding hydrogens is 342 g/mol. The number of carbonyl (C=O) groups is 1. The summed E-state index contributed by atoms with van der Waals surface area (Å²) in [6.45, 7) is 8.32. The van der Waals surface area contributed by atoms with Crippen LogP contribution in [0.1, 0.15) is 27.7 Å². The Morgan fingerprint density at radius 3 is 2.83 bits per heavy atom. The average molecular weight is 364 g/mol. The Balaban J connectivity index is 2.05. The van der Waals surface area contributed by atoms with Crippen LogP contribution in [-0.2, 0) is 11.3 Å². The van der Waals surface area contributed by atoms with Crippen molar-refractivity contribution in [3.63, 3.8) is 0 Å². The molecule has 0 bridgehead atoms. The van der Waals surface area contributed by atoms with Crippen LogP contribution in [0.3, 0.4) is 0 Å². The molecule has 6 nitrogen and oxygen atoms in total. The van der Waals surface area contributed by atoms with Gasteiger partial charge in [-0.15, -0.1) is 21.5 Å². The molecule has 0 aromatic carbocycles. The lowest BCUT2D eigenvalue weighted by molar-refractivity contribution is -0.120. The van der Waals surface area contributed by atoms with Gasteiger partial charge in [0.05, 0.1) is 16.7 Å². The number of amides is 1. The van der Waals surface area contributed by atoms with E-state index in [1.165, 1.54) is 11.8 Å². The maximum Gasteiger partial charge on any atom is 0.231 e. The van der Waals surface area contributed by atoms with E-state index in [9.17, 15) is 10.1 Å². The van der Waals surface area contributed by atoms with Crippen molar-refractivity contribution in [2.75, 3.05) is 5.75 Å². The van der Waals surface area contributed by atoms with E-state index in [2.05, 4.69) is 21.6 Å². The molecule has 1 atom stereocenters. The van der Waals surface area contributed by atoms with Crippen LogP contribution >= 0.6 is 23.1 Å². The minimum Gasteiger partial charge on any atom is -0.337 e. The Bertz CT molecular complexity index is 732. The molecule has 0 saturated carbocycles. The lowest BCUT2D eigenvalue weighted by Gasteiger charge is -2.27. The minimum atomic E-state index is -0.863. The van der Waals surface area contributed by atoms with Crippen LogP contribution in [0.4, 0.5) is 0 Å². The highest BCUT2D eigenvalue weighted by molar-refractivity contribution is 7.99. The number of carbonyl (C=O) groups excluding carboxylic acids is 1. The molecule has 0 saturated heterocycles. The van der Waals surface area contributed by atoms with E-state index in [1.807, 2.05) is 42.9 Å². The number of hydrogen-bond donors (Lipinski definition) is 1. The van der Waals surface area contributed by atoms with Crippen LogP contribution in [0.25, 0.3) is 10.7 Å². The monoisotopic (exact) mass is 363 g/mol. The highest BCUT2D eigenvalue weighted by Crippen LogP contribution is 2.27. The predicted molar refractivity (Wildman–Crippen MR) is 96.7 cm³/mol. The van der Waals surface area contributed by atoms with E-state index in [4.69, 9.17) is 0 Å². The Labute approximate surface area is 150 Å². The average Bonchev–Trinajstić information content (AvgIpc) is 3.21. The number of hydrogen-bond acceptors (Lipinski definition) is 6. The van der Waals surface area contributed by atoms with Gasteiger partial charge in [0.15, 0.2) is 11.0 Å². The summed E-state index contributed by atoms with van der Waals surface area (Å²) in [5, 5.41) is 23.2. The quantitative estimate of drug-likeness (QED) is 0.764. The van der Waals surface area contributed by atoms with E-state index in [-0.39, 0.29) is 17.6 Å². The van der Waals surface area contributed by atoms with Gasteiger partial charge in [-0.1, -0.05) is 31.7 Å². The summed E-state index contributed by atoms with van der Waals surface area (Å²) < 4.78 is 2.00. The third kappa shape index (κ3) is 3.97. The molecular formula is C16H21N5OS2. The molecule has 0 aliphatic carbocycles. The summed E-state index contributed by atoms with van der Waals surface area (Å²) in [5.41, 5.74) is -0.863. The number of rotatable bonds is 7. The van der Waals surface area contributed by atoms with Crippen LogP contribution in [0.5, 0.6) is 0 Å². The highest BCUT2D eigenvalue weighted by atomic mass is 32.2. The first-order valence-electron chi connectivity index (χ1n) is 7.73. The van der Waals surface area contributed by atoms with Gasteiger partial charge >= 0.3 is 0 Å². The van der Waals surface area contributed by atoms with Crippen molar-refractivity contribution in [2.24, 2.45) is 5.92 Å². The number of nitrogens with one attached hydrogen (secondary N) is 1. The maximum absolute atomic E-state index is 12.2. The number of nitriles is 1. The second kappa shape index (κ2) is 7.81. The molecule has 0 aliphatic heterocycles. The minimum absolute atomic E-state index is 0.0289. The zero-order chi connectivity index (χ0) is 17.7. The van der Waals surface area contributed by atoms with Gasteiger partial charge in [-0.25, -0.2) is 0 Å². The van der Waals surface area contributed by atoms with Gasteiger partial charge in [0.2, 0.25) is 5.91 Å². The smallest absolute Gasteiger partial charge is 0.231 e. The molecule has 128 valence electrons. The fraction of sp³-hybridized carbons (Fsp3) is 0.500. The summed E-state index contributed by atoms with van der Waals surface area (Å²) in [7, 11) is 0. The van der Waals surface area contributed by atoms with Crippen LogP contribution in [0, 0.1) is 17.2 Å². The Morgan fingerprint density at radius 1 is 1.54 bits per heavy atom. The fourth-order valence-electron chi connectivity index (χ4n) is 2.03. The Morgan fingerprint density at radius 2 is 2.29 bits per heavy atom. The molecule has 0 unspecified atom stereocenters. The summed E-state index contributed by atoms with van der Waals surface area (Å²) in [5.74, 6) is 0.869. The molecule has 2 aromatic rings. The van der Waals surface area contributed by atoms with E-state index < -0.39 is 5.54 Å². The van der Waals surface area contributed by atoms with Gasteiger partial charge < -0.3 is 9.88 Å². The van der Waals surface area contributed by atoms with Crippen LogP contribution < -0.4 is 5.32 Å². The van der Waals surface area contributed by atoms with Crippen molar-refractivity contribution in [1.82, 2.24) is 20.1 Å². The highest BCUT2D eigenvalue weighted by Gasteiger charge is 2.30. The van der Waals surface area contributed by atoms with E-state index in [0.717, 1.165) is 17.2 Å². The van der Waals surface area contributed by atoms with Crippen LogP contribution in [0.15, 0.2) is 22.7 Å². The molecule has 1 N–H and O–H groups in total. The Hall–Kier alpha value is -1.85. The first kappa shape index (κ1) is 18.5. The second-order valence-electron chi connectivity index (χ2n) is 5.83. The molecule has 1 amide bonds. The molecule has 24 heavy (non-hydrogen) atoms. The van der Waals surface area contributed by atoms with Gasteiger partial charge in [-0.3, -0.25) is 4.79 Å². The van der Waals surface area contributed by atoms with Crippen molar-refractivity contribution in [2.45, 2.75) is 44.9 Å². The SMILES string of the molecule is CCn1c(SCC(=O)N[C@](C)(C#N)C(C)C)nnc1-c1cccs1. The van der Waals surface area contributed by atoms with Gasteiger partial charge in [-0.05, 0) is 31.2 Å². The van der Waals surface area contributed by atoms with E-state index >= 15 is 0 Å². The second-order valence-corrected chi connectivity index (χ2v) is 7.72. The van der Waals surface area contributed by atoms with Crippen molar-refractivity contribution >= 4 is 29.0 Å². The molecule has 2 aromatic heterocycles. The summed E-state index contributed by atoms with van der Waals surface area (Å²) in [4.78, 5) is 13.2. The van der Waals surface area contributed by atoms with Gasteiger partial charge in [0.25, 0.3) is 0 Å². The van der Waals surface area contributed by atoms with Gasteiger partial charge in [-0.2, -0.15) is 5.26 Å². The first-order valence-corrected chi connectivity index (χ1v) is 9.60. The van der Waals surface area contributed by atoms with Crippen LogP contribution in [-0.4, -0.2) is 32.0 Å². The molecule has 0 spiro atoms. The maximum atomic E-state index is 12.2. The molecule has 0 aliphatic rings. The normalized spacial score (nSPS) is 13.5. The van der Waals surface area contributed by atoms with Crippen molar-refractivity contribution < 1.29 is 4.79 Å². The zero-order valence-electron chi connectivity index (χ0n) is 14.2. The molecule has 2 rings (SSSR count). The van der Waals surface area contributed by atoms with E-state index in [1.54, 1.807) is 18.3 Å². The summed E-state index contributed by atoms with van der Waals surface area (Å²) >= 11 is 2.94. The van der Waals surface area contributed by atoms with Crippen LogP contribution in [0.2, 0.25) is 0 Å². The zero-order valence-corrected chi connectivity index (χ0v) is 15.9. The third-order valence-corrected chi connectivity index (χ3v) is 5.73. The number of thioether (sulfide) groups is 1. The number of aromatic nitrogens is 3. The third-order valence-electron chi connectivity index (χ3n) is 3.89. The largest absolute Gasteiger partial charge is 0.337 e. The fourth-order valence-corrected chi connectivity index (χ4v) is 3.55. The van der Waals surface area contributed by atoms with E-state index in [0.29, 0.717) is 5.16 Å². The predicted octanol–water partition coefficient (Wildman–Crippen LogP) is 3.17. The lowest BCUT2D eigenvalue weighted by atomic mass is 9.90. The first-order chi connectivity index (χ1) is 11.4. The lowest BCUT2D eigenvalue weighted by Crippen LogP contribution is -2.49. The summed E-state index contributed by atoms with van der Waals surface area (Å²) in [6, 6.07) is 6.16. The molecule has 0 radical (unpaired) electrons. The van der Waals surface area contributed by atoms with Crippen molar-refractivity contribution in [3.8, 4) is 16.8 Å². The van der Waals surface area contributed by atoms with Gasteiger partial charge in [0, 0.05) is 6.54 Å². The topological polar surface area (TPSA) is 83.6 Å². The summed E-state index contributed by atoms with van der Waals surface area (Å²) in [6.07, 6.45) is 0. The number of thiophene rings is 1. The molecule has 2 heterocycles. The molecule has 8 heteroatoms. The van der Waals surface area contributed by atoms with Gasteiger partial charge in [0.1, 0.15) is 5.54 Å².